The zero-order valence-electron chi connectivity index (χ0n) is 9.86. The van der Waals surface area contributed by atoms with E-state index in [0.717, 1.165) is 5.92 Å². The Morgan fingerprint density at radius 3 is 2.27 bits per heavy atom. The predicted molar refractivity (Wildman–Crippen MR) is 69.2 cm³/mol. The summed E-state index contributed by atoms with van der Waals surface area (Å²) < 4.78 is 0. The second kappa shape index (κ2) is 6.19. The average molecular weight is 223 g/mol. The molecular weight excluding hydrogens is 202 g/mol. The molecule has 1 unspecified atom stereocenters. The minimum absolute atomic E-state index is 0.138. The van der Waals surface area contributed by atoms with E-state index in [1.165, 1.54) is 22.6 Å². The van der Waals surface area contributed by atoms with Gasteiger partial charge in [-0.1, -0.05) is 32.4 Å². The van der Waals surface area contributed by atoms with Gasteiger partial charge in [0.25, 0.3) is 0 Å². The van der Waals surface area contributed by atoms with Crippen molar-refractivity contribution in [2.24, 2.45) is 11.7 Å². The van der Waals surface area contributed by atoms with Gasteiger partial charge in [-0.25, -0.2) is 0 Å². The van der Waals surface area contributed by atoms with Crippen LogP contribution in [0.25, 0.3) is 0 Å². The highest BCUT2D eigenvalue weighted by Crippen LogP contribution is 2.23. The summed E-state index contributed by atoms with van der Waals surface area (Å²) >= 11 is 1.93. The Hall–Kier alpha value is -0.470. The summed E-state index contributed by atoms with van der Waals surface area (Å²) in [5.41, 5.74) is 7.01. The van der Waals surface area contributed by atoms with Gasteiger partial charge in [-0.05, 0) is 30.5 Å². The Bertz CT molecular complexity index is 279. The zero-order chi connectivity index (χ0) is 11.3. The molecule has 0 aromatic heterocycles. The van der Waals surface area contributed by atoms with E-state index >= 15 is 0 Å². The van der Waals surface area contributed by atoms with Crippen LogP contribution in [0.15, 0.2) is 29.2 Å². The summed E-state index contributed by atoms with van der Waals surface area (Å²) in [6.45, 7) is 6.55. The second-order valence-electron chi connectivity index (χ2n) is 4.18. The van der Waals surface area contributed by atoms with Gasteiger partial charge in [0.2, 0.25) is 0 Å². The largest absolute Gasteiger partial charge is 0.324 e. The normalized spacial score (nSPS) is 14.9. The lowest BCUT2D eigenvalue weighted by atomic mass is 10.1. The fourth-order valence-electron chi connectivity index (χ4n) is 1.22. The lowest BCUT2D eigenvalue weighted by molar-refractivity contribution is 0.637. The van der Waals surface area contributed by atoms with Crippen molar-refractivity contribution in [1.29, 1.82) is 0 Å². The van der Waals surface area contributed by atoms with E-state index in [4.69, 9.17) is 5.73 Å². The molecule has 2 atom stereocenters. The monoisotopic (exact) mass is 223 g/mol. The van der Waals surface area contributed by atoms with Gasteiger partial charge in [-0.3, -0.25) is 0 Å². The van der Waals surface area contributed by atoms with Crippen molar-refractivity contribution >= 4 is 11.8 Å². The van der Waals surface area contributed by atoms with Crippen LogP contribution in [-0.2, 0) is 0 Å². The molecule has 0 aliphatic carbocycles. The molecular formula is C13H21NS. The molecule has 0 aliphatic heterocycles. The van der Waals surface area contributed by atoms with Gasteiger partial charge in [0, 0.05) is 16.7 Å². The Balaban J connectivity index is 2.50. The third-order valence-corrected chi connectivity index (χ3v) is 3.98. The molecule has 0 saturated carbocycles. The molecule has 0 amide bonds. The van der Waals surface area contributed by atoms with Crippen molar-refractivity contribution in [1.82, 2.24) is 0 Å². The minimum atomic E-state index is 0.138. The van der Waals surface area contributed by atoms with Crippen LogP contribution in [0.5, 0.6) is 0 Å². The van der Waals surface area contributed by atoms with Crippen molar-refractivity contribution in [3.05, 3.63) is 29.8 Å². The van der Waals surface area contributed by atoms with Gasteiger partial charge >= 0.3 is 0 Å². The molecule has 0 radical (unpaired) electrons. The minimum Gasteiger partial charge on any atom is -0.324 e. The lowest BCUT2D eigenvalue weighted by Crippen LogP contribution is -2.04. The summed E-state index contributed by atoms with van der Waals surface area (Å²) in [5, 5.41) is 0. The first kappa shape index (κ1) is 12.6. The van der Waals surface area contributed by atoms with Crippen LogP contribution in [0.2, 0.25) is 0 Å². The summed E-state index contributed by atoms with van der Waals surface area (Å²) in [6.07, 6.45) is 1.25. The fourth-order valence-corrected chi connectivity index (χ4v) is 2.27. The quantitative estimate of drug-likeness (QED) is 0.767. The van der Waals surface area contributed by atoms with E-state index in [2.05, 4.69) is 38.1 Å². The van der Waals surface area contributed by atoms with E-state index in [-0.39, 0.29) is 6.04 Å². The standard InChI is InChI=1S/C13H21NS/c1-4-10(2)9-15-13-7-5-12(6-8-13)11(3)14/h5-8,10-11H,4,9,14H2,1-3H3/t10?,11-/m1/s1. The molecule has 0 fully saturated rings. The molecule has 0 heterocycles. The van der Waals surface area contributed by atoms with Crippen LogP contribution in [-0.4, -0.2) is 5.75 Å². The van der Waals surface area contributed by atoms with Crippen LogP contribution in [0.1, 0.15) is 38.8 Å². The van der Waals surface area contributed by atoms with Gasteiger partial charge in [-0.15, -0.1) is 11.8 Å². The van der Waals surface area contributed by atoms with Gasteiger partial charge in [-0.2, -0.15) is 0 Å². The fraction of sp³-hybridized carbons (Fsp3) is 0.538. The summed E-state index contributed by atoms with van der Waals surface area (Å²) in [5.74, 6) is 2.00. The van der Waals surface area contributed by atoms with Crippen LogP contribution >= 0.6 is 11.8 Å². The Labute approximate surface area is 97.4 Å². The maximum atomic E-state index is 5.80. The molecule has 1 rings (SSSR count). The van der Waals surface area contributed by atoms with Crippen molar-refractivity contribution < 1.29 is 0 Å². The maximum Gasteiger partial charge on any atom is 0.0266 e. The van der Waals surface area contributed by atoms with Crippen LogP contribution < -0.4 is 5.73 Å². The Kier molecular flexibility index (Phi) is 5.20. The zero-order valence-corrected chi connectivity index (χ0v) is 10.7. The molecule has 0 saturated heterocycles. The first-order chi connectivity index (χ1) is 7.13. The van der Waals surface area contributed by atoms with Crippen molar-refractivity contribution in [3.63, 3.8) is 0 Å². The van der Waals surface area contributed by atoms with Crippen molar-refractivity contribution in [3.8, 4) is 0 Å². The first-order valence-corrected chi connectivity index (χ1v) is 6.60. The van der Waals surface area contributed by atoms with E-state index in [1.54, 1.807) is 0 Å². The Morgan fingerprint density at radius 2 is 1.80 bits per heavy atom. The molecule has 2 N–H and O–H groups in total. The third-order valence-electron chi connectivity index (χ3n) is 2.64. The lowest BCUT2D eigenvalue weighted by Gasteiger charge is -2.09. The highest BCUT2D eigenvalue weighted by molar-refractivity contribution is 7.99. The van der Waals surface area contributed by atoms with E-state index in [1.807, 2.05) is 18.7 Å². The van der Waals surface area contributed by atoms with Gasteiger partial charge < -0.3 is 5.73 Å². The summed E-state index contributed by atoms with van der Waals surface area (Å²) in [4.78, 5) is 1.35. The molecule has 15 heavy (non-hydrogen) atoms. The number of rotatable bonds is 5. The van der Waals surface area contributed by atoms with Gasteiger partial charge in [0.15, 0.2) is 0 Å². The number of hydrogen-bond donors (Lipinski definition) is 1. The van der Waals surface area contributed by atoms with Crippen LogP contribution in [0.3, 0.4) is 0 Å². The van der Waals surface area contributed by atoms with Crippen molar-refractivity contribution in [2.75, 3.05) is 5.75 Å². The maximum absolute atomic E-state index is 5.80. The molecule has 0 bridgehead atoms. The number of thioether (sulfide) groups is 1. The second-order valence-corrected chi connectivity index (χ2v) is 5.28. The van der Waals surface area contributed by atoms with E-state index in [9.17, 15) is 0 Å². The molecule has 0 aliphatic rings. The molecule has 2 heteroatoms. The van der Waals surface area contributed by atoms with Crippen LogP contribution in [0, 0.1) is 5.92 Å². The SMILES string of the molecule is CCC(C)CSc1ccc([C@@H](C)N)cc1. The summed E-state index contributed by atoms with van der Waals surface area (Å²) in [7, 11) is 0. The summed E-state index contributed by atoms with van der Waals surface area (Å²) in [6, 6.07) is 8.74. The molecule has 1 nitrogen and oxygen atoms in total. The molecule has 1 aromatic carbocycles. The first-order valence-electron chi connectivity index (χ1n) is 5.61. The highest BCUT2D eigenvalue weighted by Gasteiger charge is 2.02. The van der Waals surface area contributed by atoms with E-state index < -0.39 is 0 Å². The predicted octanol–water partition coefficient (Wildman–Crippen LogP) is 3.84. The van der Waals surface area contributed by atoms with Gasteiger partial charge in [0.05, 0.1) is 0 Å². The topological polar surface area (TPSA) is 26.0 Å². The number of nitrogens with two attached hydrogens (primary N) is 1. The molecule has 1 aromatic rings. The average Bonchev–Trinajstić information content (AvgIpc) is 2.26. The van der Waals surface area contributed by atoms with Crippen molar-refractivity contribution in [2.45, 2.75) is 38.1 Å². The smallest absolute Gasteiger partial charge is 0.0266 e. The highest BCUT2D eigenvalue weighted by atomic mass is 32.2. The third kappa shape index (κ3) is 4.27. The molecule has 0 spiro atoms. The number of hydrogen-bond acceptors (Lipinski definition) is 2. The number of benzene rings is 1. The molecule has 84 valence electrons. The Morgan fingerprint density at radius 1 is 1.20 bits per heavy atom. The van der Waals surface area contributed by atoms with E-state index in [0.29, 0.717) is 0 Å². The van der Waals surface area contributed by atoms with Crippen LogP contribution in [0.4, 0.5) is 0 Å². The van der Waals surface area contributed by atoms with Gasteiger partial charge in [0.1, 0.15) is 0 Å².